The second kappa shape index (κ2) is 14.5. The summed E-state index contributed by atoms with van der Waals surface area (Å²) in [7, 11) is 0. The maximum absolute atomic E-state index is 5.56. The highest BCUT2D eigenvalue weighted by atomic mass is 14.8. The van der Waals surface area contributed by atoms with Crippen LogP contribution < -0.4 is 0 Å². The summed E-state index contributed by atoms with van der Waals surface area (Å²) in [6.07, 6.45) is 2.27. The minimum absolute atomic E-state index is 0.105. The molecule has 0 bridgehead atoms. The minimum Gasteiger partial charge on any atom is -0.354 e. The van der Waals surface area contributed by atoms with E-state index < -0.39 is 0 Å². The van der Waals surface area contributed by atoms with E-state index in [2.05, 4.69) is 211 Å². The van der Waals surface area contributed by atoms with Gasteiger partial charge in [0, 0.05) is 28.0 Å². The Morgan fingerprint density at radius 1 is 0.473 bits per heavy atom. The Labute approximate surface area is 326 Å². The summed E-state index contributed by atoms with van der Waals surface area (Å²) in [6, 6.07) is 55.6. The van der Waals surface area contributed by atoms with Crippen molar-refractivity contribution in [2.75, 3.05) is 0 Å². The molecule has 270 valence electrons. The highest BCUT2D eigenvalue weighted by Gasteiger charge is 2.27. The SMILES string of the molecule is Cc1ccc(C2=CC(c3ccc(C)cc3)=N/C2=C(/c2ccc(-c3ccc(C(C)(C)C)cc3)cc2)c2[nH]c(-c3ccc(C)cc3)cc2-c2ccc(C)cc2)cc1. The average Bonchev–Trinajstić information content (AvgIpc) is 3.82. The summed E-state index contributed by atoms with van der Waals surface area (Å²) in [6.45, 7) is 15.3. The zero-order valence-electron chi connectivity index (χ0n) is 33.0. The number of aliphatic imine (C=N–C) groups is 1. The van der Waals surface area contributed by atoms with Crippen molar-refractivity contribution in [1.29, 1.82) is 0 Å². The summed E-state index contributed by atoms with van der Waals surface area (Å²) in [5.41, 5.74) is 21.7. The van der Waals surface area contributed by atoms with Crippen LogP contribution in [0.25, 0.3) is 44.7 Å². The zero-order chi connectivity index (χ0) is 38.3. The summed E-state index contributed by atoms with van der Waals surface area (Å²) >= 11 is 0. The lowest BCUT2D eigenvalue weighted by Crippen LogP contribution is -2.10. The van der Waals surface area contributed by atoms with E-state index in [9.17, 15) is 0 Å². The molecule has 0 amide bonds. The van der Waals surface area contributed by atoms with Gasteiger partial charge in [-0.15, -0.1) is 0 Å². The second-order valence-corrected chi connectivity index (χ2v) is 16.1. The molecule has 55 heavy (non-hydrogen) atoms. The van der Waals surface area contributed by atoms with E-state index in [0.717, 1.165) is 67.3 Å². The van der Waals surface area contributed by atoms with Gasteiger partial charge in [-0.25, -0.2) is 4.99 Å². The number of hydrogen-bond donors (Lipinski definition) is 1. The molecule has 1 aliphatic rings. The molecule has 0 saturated carbocycles. The van der Waals surface area contributed by atoms with E-state index >= 15 is 0 Å². The van der Waals surface area contributed by atoms with Crippen molar-refractivity contribution < 1.29 is 0 Å². The van der Waals surface area contributed by atoms with E-state index in [4.69, 9.17) is 4.99 Å². The monoisotopic (exact) mass is 712 g/mol. The van der Waals surface area contributed by atoms with Gasteiger partial charge in [0.15, 0.2) is 0 Å². The Balaban J connectivity index is 1.39. The quantitative estimate of drug-likeness (QED) is 0.170. The molecule has 8 rings (SSSR count). The van der Waals surface area contributed by atoms with Gasteiger partial charge in [0.1, 0.15) is 0 Å². The van der Waals surface area contributed by atoms with Crippen molar-refractivity contribution in [3.8, 4) is 33.5 Å². The fourth-order valence-electron chi connectivity index (χ4n) is 7.33. The van der Waals surface area contributed by atoms with E-state index in [1.165, 1.54) is 38.9 Å². The smallest absolute Gasteiger partial charge is 0.0815 e. The maximum Gasteiger partial charge on any atom is 0.0815 e. The third-order valence-corrected chi connectivity index (χ3v) is 10.8. The van der Waals surface area contributed by atoms with E-state index in [-0.39, 0.29) is 5.41 Å². The van der Waals surface area contributed by atoms with Crippen LogP contribution in [0.5, 0.6) is 0 Å². The van der Waals surface area contributed by atoms with Gasteiger partial charge in [-0.2, -0.15) is 0 Å². The molecule has 0 saturated heterocycles. The third kappa shape index (κ3) is 7.46. The highest BCUT2D eigenvalue weighted by Crippen LogP contribution is 2.44. The molecular weight excluding hydrogens is 665 g/mol. The lowest BCUT2D eigenvalue weighted by Gasteiger charge is -2.19. The Morgan fingerprint density at radius 3 is 1.42 bits per heavy atom. The van der Waals surface area contributed by atoms with Crippen LogP contribution in [0.3, 0.4) is 0 Å². The van der Waals surface area contributed by atoms with Crippen LogP contribution in [0.4, 0.5) is 0 Å². The molecule has 0 spiro atoms. The van der Waals surface area contributed by atoms with Gasteiger partial charge in [-0.1, -0.05) is 189 Å². The number of allylic oxidation sites excluding steroid dienone is 2. The molecule has 1 N–H and O–H groups in total. The Hall–Kier alpha value is -6.25. The fraction of sp³-hybridized carbons (Fsp3) is 0.151. The molecule has 0 fully saturated rings. The fourth-order valence-corrected chi connectivity index (χ4v) is 7.33. The van der Waals surface area contributed by atoms with Gasteiger partial charge in [-0.3, -0.25) is 0 Å². The largest absolute Gasteiger partial charge is 0.354 e. The Morgan fingerprint density at radius 2 is 0.909 bits per heavy atom. The molecule has 0 aliphatic carbocycles. The molecular formula is C53H48N2. The molecule has 2 heteroatoms. The Bertz CT molecular complexity index is 2560. The summed E-state index contributed by atoms with van der Waals surface area (Å²) in [5.74, 6) is 0. The molecule has 0 atom stereocenters. The number of rotatable bonds is 7. The first-order valence-electron chi connectivity index (χ1n) is 19.3. The number of nitrogens with one attached hydrogen (secondary N) is 1. The number of aromatic nitrogens is 1. The van der Waals surface area contributed by atoms with Crippen LogP contribution in [-0.2, 0) is 5.41 Å². The second-order valence-electron chi connectivity index (χ2n) is 16.1. The number of nitrogens with zero attached hydrogens (tertiary/aromatic N) is 1. The average molecular weight is 713 g/mol. The number of aromatic amines is 1. The van der Waals surface area contributed by atoms with Gasteiger partial charge < -0.3 is 4.98 Å². The predicted octanol–water partition coefficient (Wildman–Crippen LogP) is 13.9. The lowest BCUT2D eigenvalue weighted by molar-refractivity contribution is 0.590. The normalized spacial score (nSPS) is 13.8. The zero-order valence-corrected chi connectivity index (χ0v) is 33.0. The molecule has 2 heterocycles. The first kappa shape index (κ1) is 35.8. The number of aryl methyl sites for hydroxylation is 4. The first-order valence-corrected chi connectivity index (χ1v) is 19.3. The van der Waals surface area contributed by atoms with Crippen LogP contribution in [0, 0.1) is 27.7 Å². The van der Waals surface area contributed by atoms with Crippen molar-refractivity contribution in [3.63, 3.8) is 0 Å². The highest BCUT2D eigenvalue weighted by molar-refractivity contribution is 6.20. The van der Waals surface area contributed by atoms with Crippen molar-refractivity contribution in [3.05, 3.63) is 214 Å². The van der Waals surface area contributed by atoms with Crippen LogP contribution in [-0.4, -0.2) is 10.7 Å². The van der Waals surface area contributed by atoms with Crippen molar-refractivity contribution in [1.82, 2.24) is 4.98 Å². The predicted molar refractivity (Wildman–Crippen MR) is 235 cm³/mol. The number of benzene rings is 6. The summed E-state index contributed by atoms with van der Waals surface area (Å²) < 4.78 is 0. The van der Waals surface area contributed by atoms with E-state index in [0.29, 0.717) is 0 Å². The maximum atomic E-state index is 5.56. The van der Waals surface area contributed by atoms with Gasteiger partial charge in [0.2, 0.25) is 0 Å². The molecule has 2 nitrogen and oxygen atoms in total. The first-order chi connectivity index (χ1) is 26.5. The summed E-state index contributed by atoms with van der Waals surface area (Å²) in [5, 5.41) is 0. The molecule has 1 aromatic heterocycles. The van der Waals surface area contributed by atoms with Gasteiger partial charge in [0.25, 0.3) is 0 Å². The van der Waals surface area contributed by atoms with Crippen LogP contribution in [0.2, 0.25) is 0 Å². The Kier molecular flexibility index (Phi) is 9.45. The van der Waals surface area contributed by atoms with Crippen molar-refractivity contribution in [2.45, 2.75) is 53.9 Å². The van der Waals surface area contributed by atoms with Crippen LogP contribution in [0.15, 0.2) is 168 Å². The van der Waals surface area contributed by atoms with Gasteiger partial charge in [0.05, 0.1) is 17.1 Å². The molecule has 7 aromatic rings. The molecule has 6 aromatic carbocycles. The van der Waals surface area contributed by atoms with Crippen molar-refractivity contribution in [2.24, 2.45) is 4.99 Å². The minimum atomic E-state index is 0.105. The van der Waals surface area contributed by atoms with E-state index in [1.54, 1.807) is 0 Å². The van der Waals surface area contributed by atoms with E-state index in [1.807, 2.05) is 0 Å². The number of hydrogen-bond acceptors (Lipinski definition) is 1. The molecule has 1 aliphatic heterocycles. The summed E-state index contributed by atoms with van der Waals surface area (Å²) in [4.78, 5) is 9.52. The van der Waals surface area contributed by atoms with Crippen LogP contribution >= 0.6 is 0 Å². The standard InChI is InChI=1S/C53H48N2/c1-34-8-16-40(17-9-34)46-32-48(42-20-12-36(3)13-21-42)54-51(46)50(44-26-24-38(25-27-44)39-28-30-45(31-29-39)53(5,6)7)52-47(41-18-10-35(2)11-19-41)33-49(55-52)43-22-14-37(4)15-23-43/h8-33,54H,1-7H3/b52-50-. The molecule has 0 radical (unpaired) electrons. The van der Waals surface area contributed by atoms with Crippen LogP contribution in [0.1, 0.15) is 71.0 Å². The van der Waals surface area contributed by atoms with Crippen molar-refractivity contribution >= 4 is 16.9 Å². The lowest BCUT2D eigenvalue weighted by atomic mass is 9.86. The molecule has 0 unspecified atom stereocenters. The van der Waals surface area contributed by atoms with Gasteiger partial charge in [-0.05, 0) is 84.2 Å². The van der Waals surface area contributed by atoms with Gasteiger partial charge >= 0.3 is 0 Å². The topological polar surface area (TPSA) is 28.1 Å². The third-order valence-electron chi connectivity index (χ3n) is 10.8. The number of H-pyrrole nitrogens is 1.